The van der Waals surface area contributed by atoms with Crippen molar-refractivity contribution in [3.63, 3.8) is 0 Å². The van der Waals surface area contributed by atoms with Crippen LogP contribution >= 0.6 is 0 Å². The standard InChI is InChI=1S/C16H24N2O2/c1-10-5-11(2)15(12(3)6-10)16(19)18-8-14(7-17)20-9-13(18)4/h5-6,13-14H,7-9,17H2,1-4H3. The molecule has 1 aliphatic heterocycles. The second-order valence-electron chi connectivity index (χ2n) is 5.77. The fourth-order valence-electron chi connectivity index (χ4n) is 2.90. The molecule has 4 heteroatoms. The summed E-state index contributed by atoms with van der Waals surface area (Å²) in [6.07, 6.45) is -0.0544. The third-order valence-electron chi connectivity index (χ3n) is 3.92. The van der Waals surface area contributed by atoms with E-state index in [4.69, 9.17) is 10.5 Å². The van der Waals surface area contributed by atoms with E-state index in [0.29, 0.717) is 19.7 Å². The topological polar surface area (TPSA) is 55.6 Å². The van der Waals surface area contributed by atoms with Crippen LogP contribution in [0.25, 0.3) is 0 Å². The zero-order valence-electron chi connectivity index (χ0n) is 12.8. The van der Waals surface area contributed by atoms with E-state index in [2.05, 4.69) is 19.1 Å². The highest BCUT2D eigenvalue weighted by Gasteiger charge is 2.30. The van der Waals surface area contributed by atoms with Crippen molar-refractivity contribution in [3.8, 4) is 0 Å². The minimum Gasteiger partial charge on any atom is -0.373 e. The molecule has 1 amide bonds. The summed E-state index contributed by atoms with van der Waals surface area (Å²) in [6, 6.07) is 4.21. The first-order chi connectivity index (χ1) is 9.43. The summed E-state index contributed by atoms with van der Waals surface area (Å²) in [5, 5.41) is 0. The average Bonchev–Trinajstić information content (AvgIpc) is 2.37. The molecule has 2 atom stereocenters. The monoisotopic (exact) mass is 276 g/mol. The molecule has 2 unspecified atom stereocenters. The van der Waals surface area contributed by atoms with Crippen LogP contribution in [0.3, 0.4) is 0 Å². The molecular formula is C16H24N2O2. The fourth-order valence-corrected chi connectivity index (χ4v) is 2.90. The molecule has 0 spiro atoms. The summed E-state index contributed by atoms with van der Waals surface area (Å²) in [4.78, 5) is 14.7. The van der Waals surface area contributed by atoms with Crippen LogP contribution in [0.4, 0.5) is 0 Å². The number of aryl methyl sites for hydroxylation is 3. The Morgan fingerprint density at radius 3 is 2.50 bits per heavy atom. The van der Waals surface area contributed by atoms with E-state index < -0.39 is 0 Å². The van der Waals surface area contributed by atoms with Crippen LogP contribution in [0, 0.1) is 20.8 Å². The lowest BCUT2D eigenvalue weighted by Crippen LogP contribution is -2.53. The van der Waals surface area contributed by atoms with Gasteiger partial charge in [-0.05, 0) is 38.8 Å². The number of ether oxygens (including phenoxy) is 1. The summed E-state index contributed by atoms with van der Waals surface area (Å²) in [5.74, 6) is 0.0919. The Kier molecular flexibility index (Phi) is 4.45. The highest BCUT2D eigenvalue weighted by atomic mass is 16.5. The molecule has 0 radical (unpaired) electrons. The highest BCUT2D eigenvalue weighted by molar-refractivity contribution is 5.97. The van der Waals surface area contributed by atoms with Gasteiger partial charge in [0.25, 0.3) is 5.91 Å². The lowest BCUT2D eigenvalue weighted by molar-refractivity contribution is -0.0426. The summed E-state index contributed by atoms with van der Waals surface area (Å²) in [5.41, 5.74) is 9.75. The van der Waals surface area contributed by atoms with Gasteiger partial charge >= 0.3 is 0 Å². The zero-order chi connectivity index (χ0) is 14.9. The van der Waals surface area contributed by atoms with Gasteiger partial charge in [0.2, 0.25) is 0 Å². The number of carbonyl (C=O) groups excluding carboxylic acids is 1. The maximum Gasteiger partial charge on any atom is 0.254 e. The van der Waals surface area contributed by atoms with Crippen LogP contribution < -0.4 is 5.73 Å². The first kappa shape index (κ1) is 15.0. The molecule has 2 rings (SSSR count). The molecule has 0 aliphatic carbocycles. The lowest BCUT2D eigenvalue weighted by atomic mass is 9.98. The maximum absolute atomic E-state index is 12.9. The van der Waals surface area contributed by atoms with Crippen molar-refractivity contribution in [1.29, 1.82) is 0 Å². The molecule has 1 saturated heterocycles. The van der Waals surface area contributed by atoms with Gasteiger partial charge in [0.15, 0.2) is 0 Å². The summed E-state index contributed by atoms with van der Waals surface area (Å²) < 4.78 is 5.62. The Hall–Kier alpha value is -1.39. The number of nitrogens with two attached hydrogens (primary N) is 1. The van der Waals surface area contributed by atoms with Crippen molar-refractivity contribution in [3.05, 3.63) is 34.4 Å². The van der Waals surface area contributed by atoms with Gasteiger partial charge in [-0.1, -0.05) is 17.7 Å². The van der Waals surface area contributed by atoms with Crippen molar-refractivity contribution < 1.29 is 9.53 Å². The van der Waals surface area contributed by atoms with Crippen LogP contribution in [0.5, 0.6) is 0 Å². The van der Waals surface area contributed by atoms with E-state index in [1.807, 2.05) is 25.7 Å². The summed E-state index contributed by atoms with van der Waals surface area (Å²) in [7, 11) is 0. The predicted octanol–water partition coefficient (Wildman–Crippen LogP) is 1.80. The molecule has 0 bridgehead atoms. The fraction of sp³-hybridized carbons (Fsp3) is 0.562. The Bertz CT molecular complexity index is 490. The molecule has 4 nitrogen and oxygen atoms in total. The third kappa shape index (κ3) is 2.86. The van der Waals surface area contributed by atoms with E-state index in [0.717, 1.165) is 16.7 Å². The molecule has 0 saturated carbocycles. The molecule has 0 aromatic heterocycles. The number of benzene rings is 1. The van der Waals surface area contributed by atoms with Crippen molar-refractivity contribution in [1.82, 2.24) is 4.90 Å². The Balaban J connectivity index is 2.30. The second kappa shape index (κ2) is 5.94. The average molecular weight is 276 g/mol. The number of hydrogen-bond donors (Lipinski definition) is 1. The number of rotatable bonds is 2. The number of hydrogen-bond acceptors (Lipinski definition) is 3. The van der Waals surface area contributed by atoms with Gasteiger partial charge in [0, 0.05) is 18.7 Å². The SMILES string of the molecule is Cc1cc(C)c(C(=O)N2CC(CN)OCC2C)c(C)c1. The summed E-state index contributed by atoms with van der Waals surface area (Å²) >= 11 is 0. The van der Waals surface area contributed by atoms with Crippen LogP contribution in [-0.2, 0) is 4.74 Å². The van der Waals surface area contributed by atoms with Crippen molar-refractivity contribution >= 4 is 5.91 Å². The molecule has 1 fully saturated rings. The third-order valence-corrected chi connectivity index (χ3v) is 3.92. The van der Waals surface area contributed by atoms with E-state index >= 15 is 0 Å². The van der Waals surface area contributed by atoms with Crippen LogP contribution in [0.1, 0.15) is 34.0 Å². The minimum absolute atomic E-state index is 0.0544. The van der Waals surface area contributed by atoms with Gasteiger partial charge in [0.1, 0.15) is 0 Å². The molecule has 1 heterocycles. The second-order valence-corrected chi connectivity index (χ2v) is 5.77. The van der Waals surface area contributed by atoms with Crippen LogP contribution in [0.15, 0.2) is 12.1 Å². The molecule has 1 aliphatic rings. The van der Waals surface area contributed by atoms with Gasteiger partial charge in [-0.2, -0.15) is 0 Å². The van der Waals surface area contributed by atoms with E-state index in [1.165, 1.54) is 5.56 Å². The Morgan fingerprint density at radius 1 is 1.35 bits per heavy atom. The smallest absolute Gasteiger partial charge is 0.254 e. The number of nitrogens with zero attached hydrogens (tertiary/aromatic N) is 1. The zero-order valence-corrected chi connectivity index (χ0v) is 12.8. The molecule has 2 N–H and O–H groups in total. The van der Waals surface area contributed by atoms with Gasteiger partial charge in [-0.3, -0.25) is 4.79 Å². The van der Waals surface area contributed by atoms with Gasteiger partial charge in [-0.25, -0.2) is 0 Å². The first-order valence-corrected chi connectivity index (χ1v) is 7.14. The maximum atomic E-state index is 12.9. The number of amides is 1. The van der Waals surface area contributed by atoms with Gasteiger partial charge in [0.05, 0.1) is 18.8 Å². The number of carbonyl (C=O) groups is 1. The van der Waals surface area contributed by atoms with Crippen LogP contribution in [0.2, 0.25) is 0 Å². The van der Waals surface area contributed by atoms with Crippen LogP contribution in [-0.4, -0.2) is 42.6 Å². The van der Waals surface area contributed by atoms with Gasteiger partial charge in [-0.15, -0.1) is 0 Å². The normalized spacial score (nSPS) is 22.9. The highest BCUT2D eigenvalue weighted by Crippen LogP contribution is 2.21. The molecule has 1 aromatic rings. The van der Waals surface area contributed by atoms with Gasteiger partial charge < -0.3 is 15.4 Å². The Morgan fingerprint density at radius 2 is 1.95 bits per heavy atom. The molecular weight excluding hydrogens is 252 g/mol. The Labute approximate surface area is 120 Å². The first-order valence-electron chi connectivity index (χ1n) is 7.14. The molecule has 20 heavy (non-hydrogen) atoms. The lowest BCUT2D eigenvalue weighted by Gasteiger charge is -2.38. The van der Waals surface area contributed by atoms with E-state index in [1.54, 1.807) is 0 Å². The molecule has 1 aromatic carbocycles. The number of morpholine rings is 1. The molecule has 110 valence electrons. The van der Waals surface area contributed by atoms with Crippen molar-refractivity contribution in [2.45, 2.75) is 39.8 Å². The summed E-state index contributed by atoms with van der Waals surface area (Å²) in [6.45, 7) is 9.64. The minimum atomic E-state index is -0.0544. The van der Waals surface area contributed by atoms with E-state index in [9.17, 15) is 4.79 Å². The van der Waals surface area contributed by atoms with Crippen molar-refractivity contribution in [2.24, 2.45) is 5.73 Å². The predicted molar refractivity (Wildman–Crippen MR) is 79.9 cm³/mol. The quantitative estimate of drug-likeness (QED) is 0.896. The van der Waals surface area contributed by atoms with E-state index in [-0.39, 0.29) is 18.1 Å². The largest absolute Gasteiger partial charge is 0.373 e. The van der Waals surface area contributed by atoms with Crippen molar-refractivity contribution in [2.75, 3.05) is 19.7 Å².